The topological polar surface area (TPSA) is 67.4 Å². The highest BCUT2D eigenvalue weighted by Gasteiger charge is 2.34. The Hall–Kier alpha value is -3.03. The molecule has 0 spiro atoms. The Labute approximate surface area is 179 Å². The lowest BCUT2D eigenvalue weighted by atomic mass is 9.95. The summed E-state index contributed by atoms with van der Waals surface area (Å²) in [7, 11) is 0. The van der Waals surface area contributed by atoms with Crippen molar-refractivity contribution >= 4 is 17.5 Å². The van der Waals surface area contributed by atoms with Crippen LogP contribution in [0.5, 0.6) is 5.75 Å². The van der Waals surface area contributed by atoms with Crippen molar-refractivity contribution < 1.29 is 27.5 Å². The number of ether oxygens (including phenoxy) is 1. The van der Waals surface area contributed by atoms with Crippen LogP contribution in [0.2, 0.25) is 0 Å². The van der Waals surface area contributed by atoms with Gasteiger partial charge in [-0.2, -0.15) is 13.2 Å². The minimum atomic E-state index is -4.58. The molecule has 1 fully saturated rings. The summed E-state index contributed by atoms with van der Waals surface area (Å²) in [6, 6.07) is 11.3. The number of hydrogen-bond acceptors (Lipinski definition) is 3. The predicted molar refractivity (Wildman–Crippen MR) is 111 cm³/mol. The first-order valence-corrected chi connectivity index (χ1v) is 10.3. The molecule has 2 amide bonds. The van der Waals surface area contributed by atoms with E-state index in [0.29, 0.717) is 11.3 Å². The summed E-state index contributed by atoms with van der Waals surface area (Å²) in [6.07, 6.45) is -0.221. The van der Waals surface area contributed by atoms with Gasteiger partial charge in [0.25, 0.3) is 11.8 Å². The van der Waals surface area contributed by atoms with Gasteiger partial charge in [-0.15, -0.1) is 0 Å². The molecule has 1 saturated carbocycles. The van der Waals surface area contributed by atoms with Gasteiger partial charge in [-0.05, 0) is 56.2 Å². The van der Waals surface area contributed by atoms with E-state index in [9.17, 15) is 22.8 Å². The molecule has 1 aliphatic carbocycles. The van der Waals surface area contributed by atoms with Crippen LogP contribution in [0.3, 0.4) is 0 Å². The number of anilines is 1. The molecule has 0 aliphatic heterocycles. The van der Waals surface area contributed by atoms with Crippen molar-refractivity contribution in [1.29, 1.82) is 0 Å². The van der Waals surface area contributed by atoms with Gasteiger partial charge in [-0.1, -0.05) is 31.4 Å². The maximum Gasteiger partial charge on any atom is 0.418 e. The van der Waals surface area contributed by atoms with Crippen LogP contribution < -0.4 is 15.4 Å². The monoisotopic (exact) mass is 434 g/mol. The zero-order chi connectivity index (χ0) is 22.4. The lowest BCUT2D eigenvalue weighted by Gasteiger charge is -2.22. The summed E-state index contributed by atoms with van der Waals surface area (Å²) in [5.74, 6) is -0.537. The van der Waals surface area contributed by atoms with Crippen molar-refractivity contribution in [2.45, 2.75) is 57.3 Å². The number of nitrogens with one attached hydrogen (secondary N) is 2. The number of rotatable bonds is 6. The van der Waals surface area contributed by atoms with Crippen LogP contribution in [0.25, 0.3) is 0 Å². The molecule has 1 atom stereocenters. The molecule has 0 bridgehead atoms. The van der Waals surface area contributed by atoms with E-state index in [1.54, 1.807) is 24.3 Å². The zero-order valence-corrected chi connectivity index (χ0v) is 17.2. The van der Waals surface area contributed by atoms with E-state index >= 15 is 0 Å². The van der Waals surface area contributed by atoms with Gasteiger partial charge in [0.1, 0.15) is 5.75 Å². The van der Waals surface area contributed by atoms with Crippen molar-refractivity contribution in [3.63, 3.8) is 0 Å². The molecule has 8 heteroatoms. The second kappa shape index (κ2) is 9.85. The van der Waals surface area contributed by atoms with E-state index in [1.165, 1.54) is 31.5 Å². The van der Waals surface area contributed by atoms with Crippen molar-refractivity contribution in [3.8, 4) is 5.75 Å². The first-order valence-electron chi connectivity index (χ1n) is 10.3. The standard InChI is InChI=1S/C23H25F3N2O3/c1-15(21(29)28-20-10-6-5-9-19(20)23(24,25)26)31-18-13-11-16(12-14-18)22(30)27-17-7-3-2-4-8-17/h5-6,9-15,17H,2-4,7-8H2,1H3,(H,27,30)(H,28,29). The van der Waals surface area contributed by atoms with Crippen molar-refractivity contribution in [2.75, 3.05) is 5.32 Å². The van der Waals surface area contributed by atoms with Crippen LogP contribution in [0.1, 0.15) is 54.9 Å². The SMILES string of the molecule is CC(Oc1ccc(C(=O)NC2CCCCC2)cc1)C(=O)Nc1ccccc1C(F)(F)F. The first kappa shape index (κ1) is 22.7. The second-order valence-corrected chi connectivity index (χ2v) is 7.63. The molecular formula is C23H25F3N2O3. The first-order chi connectivity index (χ1) is 14.7. The fourth-order valence-corrected chi connectivity index (χ4v) is 3.53. The van der Waals surface area contributed by atoms with Gasteiger partial charge in [-0.3, -0.25) is 9.59 Å². The number of carbonyl (C=O) groups excluding carboxylic acids is 2. The molecular weight excluding hydrogens is 409 g/mol. The molecule has 31 heavy (non-hydrogen) atoms. The maximum absolute atomic E-state index is 13.1. The Morgan fingerprint density at radius 3 is 2.29 bits per heavy atom. The van der Waals surface area contributed by atoms with Gasteiger partial charge in [-0.25, -0.2) is 0 Å². The summed E-state index contributed by atoms with van der Waals surface area (Å²) in [5.41, 5.74) is -0.775. The Balaban J connectivity index is 1.57. The number of para-hydroxylation sites is 1. The number of halogens is 3. The molecule has 0 saturated heterocycles. The second-order valence-electron chi connectivity index (χ2n) is 7.63. The quantitative estimate of drug-likeness (QED) is 0.659. The average molecular weight is 434 g/mol. The molecule has 3 rings (SSSR count). The molecule has 166 valence electrons. The van der Waals surface area contributed by atoms with Gasteiger partial charge in [0, 0.05) is 11.6 Å². The maximum atomic E-state index is 13.1. The smallest absolute Gasteiger partial charge is 0.418 e. The van der Waals surface area contributed by atoms with Crippen LogP contribution in [0.4, 0.5) is 18.9 Å². The summed E-state index contributed by atoms with van der Waals surface area (Å²) >= 11 is 0. The lowest BCUT2D eigenvalue weighted by Crippen LogP contribution is -2.36. The van der Waals surface area contributed by atoms with E-state index in [-0.39, 0.29) is 17.6 Å². The van der Waals surface area contributed by atoms with Crippen molar-refractivity contribution in [2.24, 2.45) is 0 Å². The van der Waals surface area contributed by atoms with Crippen LogP contribution in [0, 0.1) is 0 Å². The largest absolute Gasteiger partial charge is 0.481 e. The normalized spacial score (nSPS) is 15.7. The van der Waals surface area contributed by atoms with Crippen LogP contribution in [-0.4, -0.2) is 24.0 Å². The molecule has 1 aliphatic rings. The Kier molecular flexibility index (Phi) is 7.20. The molecule has 5 nitrogen and oxygen atoms in total. The van der Waals surface area contributed by atoms with Gasteiger partial charge in [0.2, 0.25) is 0 Å². The number of carbonyl (C=O) groups is 2. The Bertz CT molecular complexity index is 907. The molecule has 2 aromatic carbocycles. The van der Waals surface area contributed by atoms with Gasteiger partial charge < -0.3 is 15.4 Å². The van der Waals surface area contributed by atoms with E-state index in [2.05, 4.69) is 10.6 Å². The van der Waals surface area contributed by atoms with Crippen molar-refractivity contribution in [1.82, 2.24) is 5.32 Å². The highest BCUT2D eigenvalue weighted by molar-refractivity contribution is 5.95. The molecule has 0 heterocycles. The molecule has 0 radical (unpaired) electrons. The Morgan fingerprint density at radius 2 is 1.65 bits per heavy atom. The summed E-state index contributed by atoms with van der Waals surface area (Å²) in [5, 5.41) is 5.29. The van der Waals surface area contributed by atoms with Gasteiger partial charge in [0.15, 0.2) is 6.10 Å². The van der Waals surface area contributed by atoms with Crippen LogP contribution in [0.15, 0.2) is 48.5 Å². The Morgan fingerprint density at radius 1 is 1.00 bits per heavy atom. The van der Waals surface area contributed by atoms with E-state index in [0.717, 1.165) is 31.7 Å². The number of hydrogen-bond donors (Lipinski definition) is 2. The minimum absolute atomic E-state index is 0.159. The zero-order valence-electron chi connectivity index (χ0n) is 17.2. The number of benzene rings is 2. The van der Waals surface area contributed by atoms with Gasteiger partial charge in [0.05, 0.1) is 11.3 Å². The minimum Gasteiger partial charge on any atom is -0.481 e. The molecule has 2 aromatic rings. The highest BCUT2D eigenvalue weighted by Crippen LogP contribution is 2.34. The van der Waals surface area contributed by atoms with Crippen molar-refractivity contribution in [3.05, 3.63) is 59.7 Å². The average Bonchev–Trinajstić information content (AvgIpc) is 2.74. The third kappa shape index (κ3) is 6.23. The number of alkyl halides is 3. The summed E-state index contributed by atoms with van der Waals surface area (Å²) in [4.78, 5) is 24.7. The number of amides is 2. The predicted octanol–water partition coefficient (Wildman–Crippen LogP) is 5.17. The summed E-state index contributed by atoms with van der Waals surface area (Å²) < 4.78 is 44.8. The van der Waals surface area contributed by atoms with E-state index in [4.69, 9.17) is 4.74 Å². The fourth-order valence-electron chi connectivity index (χ4n) is 3.53. The molecule has 2 N–H and O–H groups in total. The molecule has 0 aromatic heterocycles. The van der Waals surface area contributed by atoms with E-state index < -0.39 is 23.8 Å². The highest BCUT2D eigenvalue weighted by atomic mass is 19.4. The van der Waals surface area contributed by atoms with Crippen LogP contribution in [-0.2, 0) is 11.0 Å². The lowest BCUT2D eigenvalue weighted by molar-refractivity contribution is -0.137. The third-order valence-corrected chi connectivity index (χ3v) is 5.23. The van der Waals surface area contributed by atoms with Gasteiger partial charge >= 0.3 is 6.18 Å². The van der Waals surface area contributed by atoms with Crippen LogP contribution >= 0.6 is 0 Å². The third-order valence-electron chi connectivity index (χ3n) is 5.23. The fraction of sp³-hybridized carbons (Fsp3) is 0.391. The summed E-state index contributed by atoms with van der Waals surface area (Å²) in [6.45, 7) is 1.44. The van der Waals surface area contributed by atoms with E-state index in [1.807, 2.05) is 0 Å². The molecule has 1 unspecified atom stereocenters.